The van der Waals surface area contributed by atoms with Gasteiger partial charge in [-0.05, 0) is 31.1 Å². The molecule has 1 N–H and O–H groups in total. The molecule has 66 valence electrons. The molecule has 0 aromatic rings. The zero-order chi connectivity index (χ0) is 8.13. The molecule has 3 fully saturated rings. The van der Waals surface area contributed by atoms with Gasteiger partial charge in [0.2, 0.25) is 0 Å². The largest absolute Gasteiger partial charge is 0.307 e. The molecular weight excluding hydrogens is 150 g/mol. The van der Waals surface area contributed by atoms with Crippen molar-refractivity contribution in [2.45, 2.75) is 31.7 Å². The summed E-state index contributed by atoms with van der Waals surface area (Å²) in [4.78, 5) is 11.6. The Bertz CT molecular complexity index is 226. The molecule has 0 radical (unpaired) electrons. The van der Waals surface area contributed by atoms with Crippen molar-refractivity contribution in [1.29, 1.82) is 0 Å². The van der Waals surface area contributed by atoms with Gasteiger partial charge in [-0.3, -0.25) is 4.79 Å². The first-order valence-corrected chi connectivity index (χ1v) is 5.12. The molecule has 1 saturated heterocycles. The maximum atomic E-state index is 11.6. The van der Waals surface area contributed by atoms with E-state index in [1.165, 1.54) is 25.7 Å². The fraction of sp³-hybridized carbons (Fsp3) is 0.900. The van der Waals surface area contributed by atoms with Crippen molar-refractivity contribution in [3.63, 3.8) is 0 Å². The number of nitrogens with one attached hydrogen (secondary N) is 1. The molecule has 0 aromatic carbocycles. The van der Waals surface area contributed by atoms with Crippen LogP contribution >= 0.6 is 0 Å². The summed E-state index contributed by atoms with van der Waals surface area (Å²) in [5.74, 6) is 2.42. The number of hydrogen-bond acceptors (Lipinski definition) is 2. The lowest BCUT2D eigenvalue weighted by Crippen LogP contribution is -2.47. The Labute approximate surface area is 72.7 Å². The van der Waals surface area contributed by atoms with Crippen LogP contribution in [0.4, 0.5) is 0 Å². The number of carbonyl (C=O) groups is 1. The Kier molecular flexibility index (Phi) is 1.37. The van der Waals surface area contributed by atoms with Gasteiger partial charge in [-0.25, -0.2) is 0 Å². The smallest absolute Gasteiger partial charge is 0.150 e. The summed E-state index contributed by atoms with van der Waals surface area (Å²) in [6.45, 7) is 0.655. The van der Waals surface area contributed by atoms with Gasteiger partial charge in [-0.2, -0.15) is 0 Å². The van der Waals surface area contributed by atoms with E-state index < -0.39 is 0 Å². The third-order valence-electron chi connectivity index (χ3n) is 4.07. The number of hydrogen-bond donors (Lipinski definition) is 1. The Morgan fingerprint density at radius 3 is 3.08 bits per heavy atom. The summed E-state index contributed by atoms with van der Waals surface area (Å²) in [5.41, 5.74) is 0. The molecule has 2 nitrogen and oxygen atoms in total. The molecule has 2 saturated carbocycles. The lowest BCUT2D eigenvalue weighted by atomic mass is 9.74. The molecule has 4 unspecified atom stereocenters. The SMILES string of the molecule is O=C1CNC2CC3CCCC2C13. The van der Waals surface area contributed by atoms with E-state index in [2.05, 4.69) is 5.32 Å². The van der Waals surface area contributed by atoms with E-state index in [9.17, 15) is 4.79 Å². The highest BCUT2D eigenvalue weighted by atomic mass is 16.1. The third-order valence-corrected chi connectivity index (χ3v) is 4.07. The van der Waals surface area contributed by atoms with Gasteiger partial charge in [-0.1, -0.05) is 6.42 Å². The molecule has 3 aliphatic rings. The summed E-state index contributed by atoms with van der Waals surface area (Å²) >= 11 is 0. The number of Topliss-reactive ketones (excluding diaryl/α,β-unsaturated/α-hetero) is 1. The standard InChI is InChI=1S/C10H15NO/c12-9-5-11-8-4-6-2-1-3-7(8)10(6)9/h6-8,10-11H,1-5H2. The zero-order valence-electron chi connectivity index (χ0n) is 7.25. The topological polar surface area (TPSA) is 29.1 Å². The van der Waals surface area contributed by atoms with Crippen molar-refractivity contribution in [2.75, 3.05) is 6.54 Å². The number of carbonyl (C=O) groups excluding carboxylic acids is 1. The number of ketones is 1. The van der Waals surface area contributed by atoms with Gasteiger partial charge in [0.1, 0.15) is 5.78 Å². The van der Waals surface area contributed by atoms with Gasteiger partial charge in [0, 0.05) is 12.0 Å². The predicted octanol–water partition coefficient (Wildman–Crippen LogP) is 0.964. The van der Waals surface area contributed by atoms with Crippen molar-refractivity contribution in [1.82, 2.24) is 5.32 Å². The number of rotatable bonds is 0. The quantitative estimate of drug-likeness (QED) is 0.579. The van der Waals surface area contributed by atoms with Crippen LogP contribution in [0.5, 0.6) is 0 Å². The number of piperidine rings is 1. The van der Waals surface area contributed by atoms with Crippen LogP contribution in [-0.4, -0.2) is 18.4 Å². The second kappa shape index (κ2) is 2.32. The van der Waals surface area contributed by atoms with Crippen LogP contribution in [0.1, 0.15) is 25.7 Å². The van der Waals surface area contributed by atoms with E-state index in [1.54, 1.807) is 0 Å². The van der Waals surface area contributed by atoms with Gasteiger partial charge in [0.15, 0.2) is 0 Å². The minimum absolute atomic E-state index is 0.463. The molecule has 0 aromatic heterocycles. The lowest BCUT2D eigenvalue weighted by molar-refractivity contribution is -0.127. The van der Waals surface area contributed by atoms with E-state index in [1.807, 2.05) is 0 Å². The third kappa shape index (κ3) is 0.764. The lowest BCUT2D eigenvalue weighted by Gasteiger charge is -2.34. The monoisotopic (exact) mass is 165 g/mol. The molecule has 2 heteroatoms. The van der Waals surface area contributed by atoms with Crippen LogP contribution in [0.3, 0.4) is 0 Å². The first-order chi connectivity index (χ1) is 5.86. The van der Waals surface area contributed by atoms with Gasteiger partial charge in [-0.15, -0.1) is 0 Å². The van der Waals surface area contributed by atoms with Crippen LogP contribution in [0.2, 0.25) is 0 Å². The molecule has 3 rings (SSSR count). The van der Waals surface area contributed by atoms with Gasteiger partial charge >= 0.3 is 0 Å². The molecule has 12 heavy (non-hydrogen) atoms. The second-order valence-electron chi connectivity index (χ2n) is 4.57. The highest BCUT2D eigenvalue weighted by molar-refractivity contribution is 5.85. The van der Waals surface area contributed by atoms with Crippen molar-refractivity contribution < 1.29 is 4.79 Å². The fourth-order valence-corrected chi connectivity index (χ4v) is 3.63. The first-order valence-electron chi connectivity index (χ1n) is 5.12. The maximum absolute atomic E-state index is 11.6. The molecule has 0 amide bonds. The highest BCUT2D eigenvalue weighted by Gasteiger charge is 2.50. The molecule has 4 bridgehead atoms. The zero-order valence-corrected chi connectivity index (χ0v) is 7.25. The van der Waals surface area contributed by atoms with Gasteiger partial charge < -0.3 is 5.32 Å². The minimum atomic E-state index is 0.463. The highest BCUT2D eigenvalue weighted by Crippen LogP contribution is 2.48. The Morgan fingerprint density at radius 2 is 2.25 bits per heavy atom. The average molecular weight is 165 g/mol. The maximum Gasteiger partial charge on any atom is 0.150 e. The molecule has 2 aliphatic carbocycles. The Hall–Kier alpha value is -0.370. The fourth-order valence-electron chi connectivity index (χ4n) is 3.63. The van der Waals surface area contributed by atoms with Gasteiger partial charge in [0.25, 0.3) is 0 Å². The van der Waals surface area contributed by atoms with Crippen molar-refractivity contribution >= 4 is 5.78 Å². The van der Waals surface area contributed by atoms with Crippen molar-refractivity contribution in [3.8, 4) is 0 Å². The minimum Gasteiger partial charge on any atom is -0.307 e. The Morgan fingerprint density at radius 1 is 1.33 bits per heavy atom. The summed E-state index contributed by atoms with van der Waals surface area (Å²) < 4.78 is 0. The summed E-state index contributed by atoms with van der Waals surface area (Å²) in [6, 6.07) is 0.695. The Balaban J connectivity index is 1.97. The van der Waals surface area contributed by atoms with Crippen LogP contribution in [0.25, 0.3) is 0 Å². The normalized spacial score (nSPS) is 51.2. The van der Waals surface area contributed by atoms with Crippen LogP contribution < -0.4 is 5.32 Å². The average Bonchev–Trinajstić information content (AvgIpc) is 2.24. The first kappa shape index (κ1) is 7.07. The van der Waals surface area contributed by atoms with E-state index in [0.29, 0.717) is 30.2 Å². The van der Waals surface area contributed by atoms with E-state index in [4.69, 9.17) is 0 Å². The molecule has 4 atom stereocenters. The summed E-state index contributed by atoms with van der Waals surface area (Å²) in [6.07, 6.45) is 5.24. The van der Waals surface area contributed by atoms with Gasteiger partial charge in [0.05, 0.1) is 6.54 Å². The summed E-state index contributed by atoms with van der Waals surface area (Å²) in [5, 5.41) is 3.38. The van der Waals surface area contributed by atoms with Crippen molar-refractivity contribution in [2.24, 2.45) is 17.8 Å². The molecule has 1 heterocycles. The molecule has 0 spiro atoms. The van der Waals surface area contributed by atoms with E-state index >= 15 is 0 Å². The molecule has 1 aliphatic heterocycles. The second-order valence-corrected chi connectivity index (χ2v) is 4.57. The molecular formula is C10H15NO. The van der Waals surface area contributed by atoms with E-state index in [-0.39, 0.29) is 0 Å². The van der Waals surface area contributed by atoms with Crippen LogP contribution in [-0.2, 0) is 4.79 Å². The summed E-state index contributed by atoms with van der Waals surface area (Å²) in [7, 11) is 0. The van der Waals surface area contributed by atoms with Crippen LogP contribution in [0.15, 0.2) is 0 Å². The van der Waals surface area contributed by atoms with E-state index in [0.717, 1.165) is 5.92 Å². The van der Waals surface area contributed by atoms with Crippen LogP contribution in [0, 0.1) is 17.8 Å². The predicted molar refractivity (Wildman–Crippen MR) is 45.7 cm³/mol. The van der Waals surface area contributed by atoms with Crippen molar-refractivity contribution in [3.05, 3.63) is 0 Å².